The van der Waals surface area contributed by atoms with Gasteiger partial charge in [-0.1, -0.05) is 0 Å². The summed E-state index contributed by atoms with van der Waals surface area (Å²) in [5, 5.41) is 1.31. The summed E-state index contributed by atoms with van der Waals surface area (Å²) in [6.07, 6.45) is 3.94. The van der Waals surface area contributed by atoms with Gasteiger partial charge in [0.1, 0.15) is 0 Å². The van der Waals surface area contributed by atoms with E-state index in [1.54, 1.807) is 0 Å². The standard InChI is InChI=1S/C8H19OSi.Li/c1-5-6-7-8-9-10(2,3)4;/h1,5-8H2,2-4H3;. The van der Waals surface area contributed by atoms with E-state index >= 15 is 0 Å². The Bertz CT molecular complexity index is 90.6. The van der Waals surface area contributed by atoms with Crippen LogP contribution in [0.2, 0.25) is 24.7 Å². The molecule has 0 unspecified atom stereocenters. The molecule has 0 saturated carbocycles. The summed E-state index contributed by atoms with van der Waals surface area (Å²) >= 11 is 2.24. The molecule has 11 heavy (non-hydrogen) atoms. The third-order valence-electron chi connectivity index (χ3n) is 1.53. The van der Waals surface area contributed by atoms with Gasteiger partial charge in [-0.15, -0.1) is 0 Å². The summed E-state index contributed by atoms with van der Waals surface area (Å²) in [7, 11) is -1.22. The van der Waals surface area contributed by atoms with Gasteiger partial charge in [0.05, 0.1) is 0 Å². The Morgan fingerprint density at radius 2 is 1.73 bits per heavy atom. The summed E-state index contributed by atoms with van der Waals surface area (Å²) in [5.74, 6) is 0. The fraction of sp³-hybridized carbons (Fsp3) is 1.00. The van der Waals surface area contributed by atoms with Crippen molar-refractivity contribution in [2.45, 2.75) is 44.0 Å². The quantitative estimate of drug-likeness (QED) is 0.435. The van der Waals surface area contributed by atoms with Gasteiger partial charge in [-0.3, -0.25) is 0 Å². The third-order valence-corrected chi connectivity index (χ3v) is 2.60. The van der Waals surface area contributed by atoms with E-state index in [0.717, 1.165) is 6.61 Å². The van der Waals surface area contributed by atoms with Gasteiger partial charge >= 0.3 is 81.1 Å². The van der Waals surface area contributed by atoms with E-state index in [4.69, 9.17) is 4.43 Å². The molecule has 1 nitrogen and oxygen atoms in total. The van der Waals surface area contributed by atoms with Crippen LogP contribution >= 0.6 is 0 Å². The van der Waals surface area contributed by atoms with Crippen LogP contribution in [0.25, 0.3) is 0 Å². The first-order valence-electron chi connectivity index (χ1n) is 4.70. The molecule has 0 atom stereocenters. The number of hydrogen-bond acceptors (Lipinski definition) is 1. The summed E-state index contributed by atoms with van der Waals surface area (Å²) in [4.78, 5) is 0. The second-order valence-electron chi connectivity index (χ2n) is 4.02. The molecule has 0 aromatic carbocycles. The molecule has 0 fully saturated rings. The van der Waals surface area contributed by atoms with Crippen LogP contribution in [-0.4, -0.2) is 32.6 Å². The fourth-order valence-corrected chi connectivity index (χ4v) is 1.66. The SMILES string of the molecule is [Li][CH2]CCCCO[Si](C)(C)C. The van der Waals surface area contributed by atoms with Gasteiger partial charge in [0.15, 0.2) is 0 Å². The van der Waals surface area contributed by atoms with Crippen LogP contribution in [0.15, 0.2) is 0 Å². The van der Waals surface area contributed by atoms with Gasteiger partial charge in [-0.05, 0) is 0 Å². The van der Waals surface area contributed by atoms with Gasteiger partial charge in [0.25, 0.3) is 0 Å². The van der Waals surface area contributed by atoms with Gasteiger partial charge in [-0.2, -0.15) is 0 Å². The number of hydrogen-bond donors (Lipinski definition) is 0. The van der Waals surface area contributed by atoms with Crippen LogP contribution in [0.3, 0.4) is 0 Å². The summed E-state index contributed by atoms with van der Waals surface area (Å²) in [5.41, 5.74) is 0. The molecule has 0 aromatic rings. The molecule has 0 aliphatic rings. The Hall–Kier alpha value is 0.774. The van der Waals surface area contributed by atoms with Crippen molar-refractivity contribution in [1.29, 1.82) is 0 Å². The molecule has 0 aromatic heterocycles. The third kappa shape index (κ3) is 10.8. The predicted octanol–water partition coefficient (Wildman–Crippen LogP) is 2.60. The zero-order valence-corrected chi connectivity index (χ0v) is 9.44. The van der Waals surface area contributed by atoms with Crippen molar-refractivity contribution in [2.75, 3.05) is 6.61 Å². The minimum absolute atomic E-state index is 0.982. The average molecular weight is 166 g/mol. The Balaban J connectivity index is 3.02. The van der Waals surface area contributed by atoms with E-state index in [-0.39, 0.29) is 0 Å². The van der Waals surface area contributed by atoms with Gasteiger partial charge < -0.3 is 0 Å². The normalized spacial score (nSPS) is 12.1. The molecule has 62 valence electrons. The molecule has 0 radical (unpaired) electrons. The van der Waals surface area contributed by atoms with Crippen LogP contribution < -0.4 is 0 Å². The van der Waals surface area contributed by atoms with Gasteiger partial charge in [0, 0.05) is 0 Å². The van der Waals surface area contributed by atoms with Crippen molar-refractivity contribution >= 4 is 26.0 Å². The first-order chi connectivity index (χ1) is 5.06. The van der Waals surface area contributed by atoms with E-state index in [0.29, 0.717) is 0 Å². The van der Waals surface area contributed by atoms with E-state index in [1.165, 1.54) is 24.4 Å². The van der Waals surface area contributed by atoms with E-state index < -0.39 is 8.32 Å². The van der Waals surface area contributed by atoms with Crippen LogP contribution in [0.4, 0.5) is 0 Å². The Morgan fingerprint density at radius 3 is 2.18 bits per heavy atom. The second-order valence-corrected chi connectivity index (χ2v) is 8.53. The van der Waals surface area contributed by atoms with E-state index in [2.05, 4.69) is 37.4 Å². The molecule has 0 spiro atoms. The fourth-order valence-electron chi connectivity index (χ4n) is 0.907. The van der Waals surface area contributed by atoms with Gasteiger partial charge in [-0.25, -0.2) is 0 Å². The molecule has 0 amide bonds. The molecule has 0 heterocycles. The van der Waals surface area contributed by atoms with Crippen molar-refractivity contribution in [2.24, 2.45) is 0 Å². The minimum atomic E-state index is -1.22. The van der Waals surface area contributed by atoms with Crippen molar-refractivity contribution in [3.63, 3.8) is 0 Å². The van der Waals surface area contributed by atoms with E-state index in [1.807, 2.05) is 0 Å². The summed E-state index contributed by atoms with van der Waals surface area (Å²) in [6, 6.07) is 0. The monoisotopic (exact) mass is 166 g/mol. The number of rotatable bonds is 6. The summed E-state index contributed by atoms with van der Waals surface area (Å²) in [6.45, 7) is 7.71. The molecule has 0 aliphatic carbocycles. The summed E-state index contributed by atoms with van der Waals surface area (Å²) < 4.78 is 5.71. The Labute approximate surface area is 81.2 Å². The first kappa shape index (κ1) is 11.8. The van der Waals surface area contributed by atoms with Crippen LogP contribution in [0.5, 0.6) is 0 Å². The van der Waals surface area contributed by atoms with Gasteiger partial charge in [0.2, 0.25) is 0 Å². The molecular formula is C8H19LiOSi. The molecule has 3 heteroatoms. The average Bonchev–Trinajstić information content (AvgIpc) is 1.85. The molecular weight excluding hydrogens is 147 g/mol. The Morgan fingerprint density at radius 1 is 1.09 bits per heavy atom. The first-order valence-corrected chi connectivity index (χ1v) is 8.11. The van der Waals surface area contributed by atoms with Crippen molar-refractivity contribution < 1.29 is 4.43 Å². The zero-order chi connectivity index (χ0) is 8.74. The molecule has 0 aliphatic heterocycles. The predicted molar refractivity (Wildman–Crippen MR) is 53.7 cm³/mol. The zero-order valence-electron chi connectivity index (χ0n) is 8.44. The second kappa shape index (κ2) is 6.31. The van der Waals surface area contributed by atoms with E-state index in [9.17, 15) is 0 Å². The van der Waals surface area contributed by atoms with Crippen molar-refractivity contribution in [1.82, 2.24) is 0 Å². The molecule has 0 rings (SSSR count). The maximum absolute atomic E-state index is 5.71. The molecule has 0 N–H and O–H groups in total. The molecule has 0 saturated heterocycles. The molecule has 0 bridgehead atoms. The van der Waals surface area contributed by atoms with Crippen molar-refractivity contribution in [3.05, 3.63) is 0 Å². The van der Waals surface area contributed by atoms with Crippen LogP contribution in [0.1, 0.15) is 19.3 Å². The maximum atomic E-state index is 5.71. The van der Waals surface area contributed by atoms with Crippen LogP contribution in [0, 0.1) is 0 Å². The Kier molecular flexibility index (Phi) is 6.75. The topological polar surface area (TPSA) is 9.23 Å². The van der Waals surface area contributed by atoms with Crippen molar-refractivity contribution in [3.8, 4) is 0 Å². The van der Waals surface area contributed by atoms with Crippen LogP contribution in [-0.2, 0) is 4.43 Å². The number of unbranched alkanes of at least 4 members (excludes halogenated alkanes) is 2.